The van der Waals surface area contributed by atoms with E-state index < -0.39 is 0 Å². The van der Waals surface area contributed by atoms with E-state index in [9.17, 15) is 0 Å². The number of anilines is 2. The van der Waals surface area contributed by atoms with Crippen molar-refractivity contribution in [2.75, 3.05) is 62.9 Å². The van der Waals surface area contributed by atoms with Gasteiger partial charge in [-0.05, 0) is 38.3 Å². The Bertz CT molecular complexity index is 837. The quantitative estimate of drug-likeness (QED) is 0.339. The normalized spacial score (nSPS) is 14.1. The SMILES string of the molecule is CC.CCCN(CCC)c1cc(/C=N/Nc2cc(C)c(C)o2)nc(OCCN2CCOCC2)c1. The topological polar surface area (TPSA) is 75.4 Å². The average Bonchev–Trinajstić information content (AvgIpc) is 3.17. The number of aromatic nitrogens is 1. The average molecular weight is 474 g/mol. The van der Waals surface area contributed by atoms with E-state index in [1.54, 1.807) is 6.21 Å². The third-order valence-electron chi connectivity index (χ3n) is 5.46. The van der Waals surface area contributed by atoms with Gasteiger partial charge in [-0.2, -0.15) is 5.10 Å². The Morgan fingerprint density at radius 2 is 1.82 bits per heavy atom. The van der Waals surface area contributed by atoms with E-state index in [0.29, 0.717) is 18.4 Å². The predicted molar refractivity (Wildman–Crippen MR) is 141 cm³/mol. The molecule has 2 aromatic rings. The summed E-state index contributed by atoms with van der Waals surface area (Å²) >= 11 is 0. The van der Waals surface area contributed by atoms with Gasteiger partial charge in [0.2, 0.25) is 11.8 Å². The number of nitrogens with zero attached hydrogens (tertiary/aromatic N) is 4. The number of nitrogens with one attached hydrogen (secondary N) is 1. The molecule has 0 unspecified atom stereocenters. The lowest BCUT2D eigenvalue weighted by atomic mass is 10.2. The Morgan fingerprint density at radius 1 is 1.12 bits per heavy atom. The lowest BCUT2D eigenvalue weighted by Gasteiger charge is -2.26. The molecule has 0 amide bonds. The highest BCUT2D eigenvalue weighted by Crippen LogP contribution is 2.22. The van der Waals surface area contributed by atoms with Crippen LogP contribution in [0.5, 0.6) is 5.88 Å². The van der Waals surface area contributed by atoms with Crippen LogP contribution in [0.1, 0.15) is 57.6 Å². The summed E-state index contributed by atoms with van der Waals surface area (Å²) in [7, 11) is 0. The minimum absolute atomic E-state index is 0.595. The van der Waals surface area contributed by atoms with E-state index in [-0.39, 0.29) is 0 Å². The molecule has 0 aliphatic carbocycles. The van der Waals surface area contributed by atoms with Crippen molar-refractivity contribution in [3.63, 3.8) is 0 Å². The second-order valence-electron chi connectivity index (χ2n) is 8.10. The van der Waals surface area contributed by atoms with Crippen LogP contribution in [0.25, 0.3) is 0 Å². The maximum Gasteiger partial charge on any atom is 0.215 e. The summed E-state index contributed by atoms with van der Waals surface area (Å²) in [4.78, 5) is 9.39. The number of furan rings is 1. The van der Waals surface area contributed by atoms with Crippen LogP contribution >= 0.6 is 0 Å². The molecule has 0 bridgehead atoms. The molecule has 2 aromatic heterocycles. The summed E-state index contributed by atoms with van der Waals surface area (Å²) in [6, 6.07) is 6.03. The first-order valence-electron chi connectivity index (χ1n) is 12.6. The van der Waals surface area contributed by atoms with E-state index >= 15 is 0 Å². The zero-order valence-corrected chi connectivity index (χ0v) is 21.9. The number of ether oxygens (including phenoxy) is 2. The number of aryl methyl sites for hydroxylation is 2. The predicted octanol–water partition coefficient (Wildman–Crippen LogP) is 5.10. The minimum atomic E-state index is 0.595. The standard InChI is InChI=1S/C24H37N5O3.C2H6/c1-5-7-29(8-6-2)22-16-21(18-25-27-24-15-19(3)20(4)32-24)26-23(17-22)31-14-11-28-9-12-30-13-10-28;1-2/h15-18,27H,5-14H2,1-4H3;1-2H3/b25-18+;. The number of hydrogen-bond donors (Lipinski definition) is 1. The van der Waals surface area contributed by atoms with Gasteiger partial charge in [0.25, 0.3) is 0 Å². The van der Waals surface area contributed by atoms with Crippen molar-refractivity contribution in [2.24, 2.45) is 5.10 Å². The number of hydrazone groups is 1. The third kappa shape index (κ3) is 8.99. The highest BCUT2D eigenvalue weighted by molar-refractivity contribution is 5.79. The molecule has 1 aliphatic rings. The van der Waals surface area contributed by atoms with Crippen molar-refractivity contribution in [2.45, 2.75) is 54.4 Å². The molecule has 1 fully saturated rings. The maximum absolute atomic E-state index is 6.06. The van der Waals surface area contributed by atoms with Crippen molar-refractivity contribution in [1.82, 2.24) is 9.88 Å². The molecule has 0 atom stereocenters. The Hall–Kier alpha value is -2.58. The summed E-state index contributed by atoms with van der Waals surface area (Å²) in [5.74, 6) is 2.13. The van der Waals surface area contributed by atoms with Gasteiger partial charge in [-0.25, -0.2) is 10.4 Å². The molecule has 0 radical (unpaired) electrons. The Morgan fingerprint density at radius 3 is 2.44 bits per heavy atom. The summed E-state index contributed by atoms with van der Waals surface area (Å²) in [5, 5.41) is 4.33. The molecule has 8 heteroatoms. The van der Waals surface area contributed by atoms with Crippen LogP contribution in [0.3, 0.4) is 0 Å². The van der Waals surface area contributed by atoms with Crippen molar-refractivity contribution in [3.05, 3.63) is 35.2 Å². The Labute approximate surface area is 205 Å². The highest BCUT2D eigenvalue weighted by atomic mass is 16.5. The third-order valence-corrected chi connectivity index (χ3v) is 5.46. The highest BCUT2D eigenvalue weighted by Gasteiger charge is 2.12. The molecule has 1 N–H and O–H groups in total. The van der Waals surface area contributed by atoms with E-state index in [0.717, 1.165) is 81.5 Å². The van der Waals surface area contributed by atoms with Gasteiger partial charge in [0, 0.05) is 50.5 Å². The van der Waals surface area contributed by atoms with Gasteiger partial charge in [0.15, 0.2) is 0 Å². The van der Waals surface area contributed by atoms with Crippen LogP contribution in [0.15, 0.2) is 27.7 Å². The summed E-state index contributed by atoms with van der Waals surface area (Å²) in [6.45, 7) is 19.3. The van der Waals surface area contributed by atoms with Gasteiger partial charge in [-0.1, -0.05) is 27.7 Å². The van der Waals surface area contributed by atoms with Gasteiger partial charge in [-0.3, -0.25) is 4.90 Å². The largest absolute Gasteiger partial charge is 0.476 e. The van der Waals surface area contributed by atoms with Gasteiger partial charge in [-0.15, -0.1) is 0 Å². The fraction of sp³-hybridized carbons (Fsp3) is 0.615. The first kappa shape index (κ1) is 27.7. The van der Waals surface area contributed by atoms with E-state index in [1.807, 2.05) is 39.8 Å². The van der Waals surface area contributed by atoms with Crippen LogP contribution < -0.4 is 15.1 Å². The second-order valence-corrected chi connectivity index (χ2v) is 8.10. The molecule has 0 spiro atoms. The first-order chi connectivity index (χ1) is 16.6. The zero-order chi connectivity index (χ0) is 24.8. The fourth-order valence-corrected chi connectivity index (χ4v) is 3.64. The van der Waals surface area contributed by atoms with Gasteiger partial charge in [0.1, 0.15) is 12.4 Å². The van der Waals surface area contributed by atoms with Crippen molar-refractivity contribution in [3.8, 4) is 5.88 Å². The van der Waals surface area contributed by atoms with Crippen LogP contribution in [-0.4, -0.2) is 68.6 Å². The lowest BCUT2D eigenvalue weighted by molar-refractivity contribution is 0.0320. The van der Waals surface area contributed by atoms with Crippen LogP contribution in [0.4, 0.5) is 11.6 Å². The molecule has 0 saturated carbocycles. The number of rotatable bonds is 12. The Kier molecular flexibility index (Phi) is 12.5. The molecular weight excluding hydrogens is 430 g/mol. The number of pyridine rings is 1. The number of morpholine rings is 1. The molecule has 3 heterocycles. The summed E-state index contributed by atoms with van der Waals surface area (Å²) in [5.41, 5.74) is 5.89. The molecule has 0 aromatic carbocycles. The van der Waals surface area contributed by atoms with Gasteiger partial charge in [0.05, 0.1) is 25.1 Å². The molecule has 1 saturated heterocycles. The van der Waals surface area contributed by atoms with Crippen LogP contribution in [0.2, 0.25) is 0 Å². The minimum Gasteiger partial charge on any atom is -0.476 e. The summed E-state index contributed by atoms with van der Waals surface area (Å²) < 4.78 is 17.1. The van der Waals surface area contributed by atoms with E-state index in [1.165, 1.54) is 0 Å². The van der Waals surface area contributed by atoms with Gasteiger partial charge >= 0.3 is 0 Å². The van der Waals surface area contributed by atoms with Gasteiger partial charge < -0.3 is 18.8 Å². The number of hydrogen-bond acceptors (Lipinski definition) is 8. The van der Waals surface area contributed by atoms with E-state index in [4.69, 9.17) is 13.9 Å². The first-order valence-corrected chi connectivity index (χ1v) is 12.6. The molecule has 3 rings (SSSR count). The lowest BCUT2D eigenvalue weighted by Crippen LogP contribution is -2.38. The van der Waals surface area contributed by atoms with Crippen LogP contribution in [0, 0.1) is 13.8 Å². The zero-order valence-electron chi connectivity index (χ0n) is 21.9. The molecular formula is C26H43N5O3. The Balaban J connectivity index is 0.00000199. The monoisotopic (exact) mass is 473 g/mol. The van der Waals surface area contributed by atoms with Crippen LogP contribution in [-0.2, 0) is 4.74 Å². The molecule has 8 nitrogen and oxygen atoms in total. The van der Waals surface area contributed by atoms with Crippen molar-refractivity contribution in [1.29, 1.82) is 0 Å². The molecule has 34 heavy (non-hydrogen) atoms. The van der Waals surface area contributed by atoms with Crippen molar-refractivity contribution < 1.29 is 13.9 Å². The summed E-state index contributed by atoms with van der Waals surface area (Å²) in [6.07, 6.45) is 3.87. The second kappa shape index (κ2) is 15.3. The maximum atomic E-state index is 6.06. The fourth-order valence-electron chi connectivity index (χ4n) is 3.64. The molecule has 1 aliphatic heterocycles. The smallest absolute Gasteiger partial charge is 0.215 e. The molecule has 190 valence electrons. The van der Waals surface area contributed by atoms with Crippen molar-refractivity contribution >= 4 is 17.8 Å². The van der Waals surface area contributed by atoms with E-state index in [2.05, 4.69) is 45.2 Å².